The summed E-state index contributed by atoms with van der Waals surface area (Å²) in [7, 11) is 3.99. The third-order valence-electron chi connectivity index (χ3n) is 8.31. The zero-order valence-electron chi connectivity index (χ0n) is 22.7. The van der Waals surface area contributed by atoms with Crippen LogP contribution in [-0.4, -0.2) is 64.9 Å². The van der Waals surface area contributed by atoms with Crippen molar-refractivity contribution in [1.29, 1.82) is 0 Å². The van der Waals surface area contributed by atoms with Gasteiger partial charge in [0.15, 0.2) is 5.82 Å². The summed E-state index contributed by atoms with van der Waals surface area (Å²) in [4.78, 5) is 14.7. The maximum absolute atomic E-state index is 16.2. The van der Waals surface area contributed by atoms with E-state index in [4.69, 9.17) is 16.3 Å². The largest absolute Gasteiger partial charge is 0.493 e. The van der Waals surface area contributed by atoms with Crippen LogP contribution < -0.4 is 9.41 Å². The van der Waals surface area contributed by atoms with Gasteiger partial charge in [-0.3, -0.25) is 0 Å². The van der Waals surface area contributed by atoms with Crippen LogP contribution in [0.1, 0.15) is 43.2 Å². The second-order valence-electron chi connectivity index (χ2n) is 10.7. The number of aromatic hydroxyl groups is 1. The Morgan fingerprint density at radius 2 is 1.95 bits per heavy atom. The van der Waals surface area contributed by atoms with Crippen molar-refractivity contribution >= 4 is 37.1 Å². The summed E-state index contributed by atoms with van der Waals surface area (Å²) >= 11 is 6.37. The number of rotatable bonds is 6. The molecule has 5 rings (SSSR count). The van der Waals surface area contributed by atoms with Gasteiger partial charge in [0.25, 0.3) is 0 Å². The zero-order chi connectivity index (χ0) is 29.0. The van der Waals surface area contributed by atoms with Crippen molar-refractivity contribution < 1.29 is 27.4 Å². The third-order valence-corrected chi connectivity index (χ3v) is 9.51. The molecule has 1 unspecified atom stereocenters. The van der Waals surface area contributed by atoms with Crippen molar-refractivity contribution in [2.24, 2.45) is 5.41 Å². The topological polar surface area (TPSA) is 74.6 Å². The number of benzene rings is 1. The predicted molar refractivity (Wildman–Crippen MR) is 149 cm³/mol. The fraction of sp³-hybridized carbons (Fsp3) is 0.519. The Hall–Kier alpha value is -2.49. The van der Waals surface area contributed by atoms with Gasteiger partial charge in [0.2, 0.25) is 5.88 Å². The van der Waals surface area contributed by atoms with E-state index < -0.39 is 40.2 Å². The smallest absolute Gasteiger partial charge is 0.418 e. The number of pyridine rings is 1. The van der Waals surface area contributed by atoms with Gasteiger partial charge in [0.05, 0.1) is 33.8 Å². The summed E-state index contributed by atoms with van der Waals surface area (Å²) in [6, 6.07) is 2.58. The number of aryl methyl sites for hydroxylation is 1. The Labute approximate surface area is 236 Å². The molecule has 2 fully saturated rings. The van der Waals surface area contributed by atoms with Crippen LogP contribution in [0.4, 0.5) is 23.4 Å². The standard InChI is InChI=1S/C27H31ClF4N5O2P/c1-14-11-18(37(3)40-4)33-23(20(14)27(30,31)32)19-16(28)12-15-22(21(19)29)34-25(35-24(15)38)39-13-26-8-5-7-17(26)36(2)10-6-9-26/h11-12,17,40H,5-10,13H2,1-4H3,(H,34,35,38)/t17-,26-/m1/s1. The molecule has 13 heteroatoms. The number of hydrogen-bond donors (Lipinski definition) is 1. The Balaban J connectivity index is 1.61. The first-order valence-corrected chi connectivity index (χ1v) is 14.9. The zero-order valence-corrected chi connectivity index (χ0v) is 24.4. The molecule has 0 amide bonds. The molecule has 3 heterocycles. The first kappa shape index (κ1) is 29.0. The van der Waals surface area contributed by atoms with E-state index in [1.807, 2.05) is 6.66 Å². The van der Waals surface area contributed by atoms with Gasteiger partial charge < -0.3 is 19.4 Å². The van der Waals surface area contributed by atoms with E-state index in [2.05, 4.69) is 26.9 Å². The lowest BCUT2D eigenvalue weighted by Gasteiger charge is -2.44. The van der Waals surface area contributed by atoms with Gasteiger partial charge in [-0.1, -0.05) is 18.0 Å². The number of hydrogen-bond acceptors (Lipinski definition) is 7. The SMILES string of the molecule is CPN(C)c1cc(C)c(C(F)(F)F)c(-c2c(Cl)cc3c(O)nc(OC[C@]45CCC[C@H]4N(C)CCC5)nc3c2F)n1. The molecule has 7 nitrogen and oxygen atoms in total. The maximum Gasteiger partial charge on any atom is 0.418 e. The Bertz CT molecular complexity index is 1460. The quantitative estimate of drug-likeness (QED) is 0.246. The fourth-order valence-electron chi connectivity index (χ4n) is 6.31. The molecule has 2 aliphatic rings. The molecule has 0 radical (unpaired) electrons. The lowest BCUT2D eigenvalue weighted by atomic mass is 9.76. The molecule has 1 aromatic carbocycles. The van der Waals surface area contributed by atoms with E-state index in [1.165, 1.54) is 13.0 Å². The van der Waals surface area contributed by atoms with E-state index in [-0.39, 0.29) is 41.9 Å². The number of aromatic nitrogens is 3. The van der Waals surface area contributed by atoms with Crippen LogP contribution in [0, 0.1) is 18.2 Å². The van der Waals surface area contributed by atoms with Crippen LogP contribution in [0.15, 0.2) is 12.1 Å². The van der Waals surface area contributed by atoms with Crippen LogP contribution in [0.3, 0.4) is 0 Å². The number of fused-ring (bicyclic) bond motifs is 2. The third kappa shape index (κ3) is 5.05. The highest BCUT2D eigenvalue weighted by Gasteiger charge is 2.47. The van der Waals surface area contributed by atoms with Crippen LogP contribution in [0.5, 0.6) is 11.9 Å². The van der Waals surface area contributed by atoms with Gasteiger partial charge in [-0.25, -0.2) is 9.37 Å². The minimum atomic E-state index is -4.82. The second kappa shape index (κ2) is 10.7. The highest BCUT2D eigenvalue weighted by molar-refractivity contribution is 7.39. The fourth-order valence-corrected chi connectivity index (χ4v) is 6.93. The number of anilines is 1. The number of ether oxygens (including phenoxy) is 1. The van der Waals surface area contributed by atoms with Crippen molar-refractivity contribution in [3.05, 3.63) is 34.1 Å². The molecule has 3 aromatic rings. The summed E-state index contributed by atoms with van der Waals surface area (Å²) in [5, 5.41) is 10.1. The van der Waals surface area contributed by atoms with Crippen molar-refractivity contribution in [1.82, 2.24) is 19.9 Å². The molecule has 2 aromatic heterocycles. The van der Waals surface area contributed by atoms with Gasteiger partial charge >= 0.3 is 12.2 Å². The van der Waals surface area contributed by atoms with Crippen LogP contribution >= 0.6 is 20.3 Å². The summed E-state index contributed by atoms with van der Waals surface area (Å²) in [5.74, 6) is -1.47. The summed E-state index contributed by atoms with van der Waals surface area (Å²) in [6.07, 6.45) is 0.279. The van der Waals surface area contributed by atoms with Crippen molar-refractivity contribution in [2.75, 3.05) is 38.6 Å². The molecule has 1 aliphatic carbocycles. The first-order valence-electron chi connectivity index (χ1n) is 13.1. The lowest BCUT2D eigenvalue weighted by molar-refractivity contribution is -0.137. The summed E-state index contributed by atoms with van der Waals surface area (Å²) < 4.78 is 66.5. The van der Waals surface area contributed by atoms with Gasteiger partial charge in [0.1, 0.15) is 11.3 Å². The maximum atomic E-state index is 16.2. The van der Waals surface area contributed by atoms with Crippen molar-refractivity contribution in [3.8, 4) is 23.1 Å². The minimum Gasteiger partial charge on any atom is -0.493 e. The number of nitrogens with zero attached hydrogens (tertiary/aromatic N) is 5. The molecule has 0 spiro atoms. The highest BCUT2D eigenvalue weighted by atomic mass is 35.5. The normalized spacial score (nSPS) is 21.9. The molecule has 216 valence electrons. The predicted octanol–water partition coefficient (Wildman–Crippen LogP) is 6.82. The van der Waals surface area contributed by atoms with E-state index in [9.17, 15) is 18.3 Å². The average molecular weight is 600 g/mol. The van der Waals surface area contributed by atoms with Crippen LogP contribution in [0.25, 0.3) is 22.2 Å². The monoisotopic (exact) mass is 599 g/mol. The van der Waals surface area contributed by atoms with Crippen LogP contribution in [-0.2, 0) is 6.18 Å². The van der Waals surface area contributed by atoms with E-state index in [0.29, 0.717) is 12.6 Å². The molecule has 0 bridgehead atoms. The summed E-state index contributed by atoms with van der Waals surface area (Å²) in [6.45, 7) is 4.45. The van der Waals surface area contributed by atoms with Gasteiger partial charge in [-0.2, -0.15) is 23.1 Å². The molecular formula is C27H31ClF4N5O2P. The number of likely N-dealkylation sites (tertiary alicyclic amines) is 1. The molecular weight excluding hydrogens is 569 g/mol. The van der Waals surface area contributed by atoms with Crippen LogP contribution in [0.2, 0.25) is 5.02 Å². The van der Waals surface area contributed by atoms with Gasteiger partial charge in [0, 0.05) is 18.5 Å². The van der Waals surface area contributed by atoms with Gasteiger partial charge in [-0.05, 0) is 79.3 Å². The van der Waals surface area contributed by atoms with E-state index in [0.717, 1.165) is 44.7 Å². The molecule has 40 heavy (non-hydrogen) atoms. The number of halogens is 5. The Kier molecular flexibility index (Phi) is 7.78. The molecule has 1 aliphatic heterocycles. The Morgan fingerprint density at radius 3 is 2.65 bits per heavy atom. The molecule has 1 saturated carbocycles. The van der Waals surface area contributed by atoms with Crippen molar-refractivity contribution in [2.45, 2.75) is 51.2 Å². The first-order chi connectivity index (χ1) is 18.9. The Morgan fingerprint density at radius 1 is 1.23 bits per heavy atom. The lowest BCUT2D eigenvalue weighted by Crippen LogP contribution is -2.50. The average Bonchev–Trinajstić information content (AvgIpc) is 3.32. The van der Waals surface area contributed by atoms with Gasteiger partial charge in [-0.15, -0.1) is 0 Å². The molecule has 3 atom stereocenters. The number of alkyl halides is 3. The molecule has 1 saturated heterocycles. The summed E-state index contributed by atoms with van der Waals surface area (Å²) in [5.41, 5.74) is -2.90. The molecule has 1 N–H and O–H groups in total. The number of piperidine rings is 1. The van der Waals surface area contributed by atoms with E-state index >= 15 is 4.39 Å². The minimum absolute atomic E-state index is 0.0971. The highest BCUT2D eigenvalue weighted by Crippen LogP contribution is 2.48. The van der Waals surface area contributed by atoms with Crippen molar-refractivity contribution in [3.63, 3.8) is 0 Å². The second-order valence-corrected chi connectivity index (χ2v) is 12.2. The van der Waals surface area contributed by atoms with E-state index in [1.54, 1.807) is 11.7 Å².